The Labute approximate surface area is 102 Å². The molecule has 5 heteroatoms. The summed E-state index contributed by atoms with van der Waals surface area (Å²) >= 11 is 0. The molecule has 1 aliphatic rings. The lowest BCUT2D eigenvalue weighted by atomic mass is 10.3. The molecule has 0 saturated heterocycles. The van der Waals surface area contributed by atoms with Crippen molar-refractivity contribution in [1.29, 1.82) is 0 Å². The minimum atomic E-state index is 0.750. The van der Waals surface area contributed by atoms with Crippen LogP contribution in [0.15, 0.2) is 17.3 Å². The lowest BCUT2D eigenvalue weighted by Crippen LogP contribution is -2.37. The molecule has 1 saturated carbocycles. The number of aryl methyl sites for hydroxylation is 1. The van der Waals surface area contributed by atoms with E-state index in [4.69, 9.17) is 0 Å². The first kappa shape index (κ1) is 12.0. The maximum Gasteiger partial charge on any atom is 0.191 e. The van der Waals surface area contributed by atoms with Crippen LogP contribution in [0.5, 0.6) is 0 Å². The normalized spacial score (nSPS) is 16.0. The average Bonchev–Trinajstić information content (AvgIpc) is 3.06. The van der Waals surface area contributed by atoms with Crippen LogP contribution in [0.4, 0.5) is 0 Å². The maximum absolute atomic E-state index is 4.20. The van der Waals surface area contributed by atoms with Crippen molar-refractivity contribution in [3.8, 4) is 0 Å². The summed E-state index contributed by atoms with van der Waals surface area (Å²) in [5, 5.41) is 10.7. The van der Waals surface area contributed by atoms with Gasteiger partial charge >= 0.3 is 0 Å². The molecule has 1 aliphatic carbocycles. The van der Waals surface area contributed by atoms with Gasteiger partial charge in [-0.05, 0) is 18.4 Å². The molecule has 0 spiro atoms. The van der Waals surface area contributed by atoms with Gasteiger partial charge in [0.05, 0.1) is 12.2 Å². The second kappa shape index (κ2) is 5.70. The molecular weight excluding hydrogens is 214 g/mol. The fraction of sp³-hybridized carbons (Fsp3) is 0.667. The van der Waals surface area contributed by atoms with Crippen LogP contribution in [0.2, 0.25) is 0 Å². The van der Waals surface area contributed by atoms with E-state index in [9.17, 15) is 0 Å². The highest BCUT2D eigenvalue weighted by Gasteiger charge is 2.20. The molecular formula is C12H21N5. The van der Waals surface area contributed by atoms with Gasteiger partial charge in [0.1, 0.15) is 0 Å². The molecule has 0 aromatic carbocycles. The lowest BCUT2D eigenvalue weighted by Gasteiger charge is -2.11. The largest absolute Gasteiger partial charge is 0.356 e. The van der Waals surface area contributed by atoms with Crippen molar-refractivity contribution < 1.29 is 0 Å². The molecule has 0 atom stereocenters. The van der Waals surface area contributed by atoms with Gasteiger partial charge in [0.25, 0.3) is 0 Å². The Morgan fingerprint density at radius 1 is 1.53 bits per heavy atom. The smallest absolute Gasteiger partial charge is 0.191 e. The third-order valence-corrected chi connectivity index (χ3v) is 3.12. The van der Waals surface area contributed by atoms with Gasteiger partial charge in [-0.3, -0.25) is 9.67 Å². The summed E-state index contributed by atoms with van der Waals surface area (Å²) in [7, 11) is 3.75. The predicted molar refractivity (Wildman–Crippen MR) is 68.8 cm³/mol. The Morgan fingerprint density at radius 3 is 2.94 bits per heavy atom. The third-order valence-electron chi connectivity index (χ3n) is 3.12. The molecule has 0 unspecified atom stereocenters. The molecule has 0 amide bonds. The van der Waals surface area contributed by atoms with E-state index in [1.807, 2.05) is 17.8 Å². The molecule has 17 heavy (non-hydrogen) atoms. The molecule has 2 N–H and O–H groups in total. The molecule has 1 heterocycles. The fourth-order valence-electron chi connectivity index (χ4n) is 1.77. The van der Waals surface area contributed by atoms with Crippen molar-refractivity contribution in [3.05, 3.63) is 18.0 Å². The van der Waals surface area contributed by atoms with E-state index in [1.54, 1.807) is 13.2 Å². The zero-order chi connectivity index (χ0) is 12.1. The fourth-order valence-corrected chi connectivity index (χ4v) is 1.77. The average molecular weight is 235 g/mol. The molecule has 0 radical (unpaired) electrons. The number of nitrogens with zero attached hydrogens (tertiary/aromatic N) is 3. The molecule has 0 bridgehead atoms. The van der Waals surface area contributed by atoms with Crippen LogP contribution in [-0.4, -0.2) is 29.3 Å². The third kappa shape index (κ3) is 3.76. The van der Waals surface area contributed by atoms with Crippen LogP contribution in [0, 0.1) is 5.92 Å². The van der Waals surface area contributed by atoms with Gasteiger partial charge in [0.15, 0.2) is 5.96 Å². The standard InChI is InChI=1S/C12H21N5/c1-13-12(14-7-5-10-3-4-10)15-9-11-6-8-16-17(11)2/h6,8,10H,3-5,7,9H2,1-2H3,(H2,13,14,15). The van der Waals surface area contributed by atoms with Crippen LogP contribution in [-0.2, 0) is 13.6 Å². The van der Waals surface area contributed by atoms with E-state index >= 15 is 0 Å². The van der Waals surface area contributed by atoms with Gasteiger partial charge in [-0.2, -0.15) is 5.10 Å². The highest BCUT2D eigenvalue weighted by molar-refractivity contribution is 5.79. The Bertz CT molecular complexity index is 378. The number of hydrogen-bond acceptors (Lipinski definition) is 2. The monoisotopic (exact) mass is 235 g/mol. The van der Waals surface area contributed by atoms with Crippen molar-refractivity contribution in [3.63, 3.8) is 0 Å². The summed E-state index contributed by atoms with van der Waals surface area (Å²) in [6.45, 7) is 1.76. The van der Waals surface area contributed by atoms with Crippen LogP contribution < -0.4 is 10.6 Å². The summed E-state index contributed by atoms with van der Waals surface area (Å²) in [5.41, 5.74) is 1.15. The van der Waals surface area contributed by atoms with Gasteiger partial charge in [-0.25, -0.2) is 0 Å². The molecule has 1 aromatic rings. The highest BCUT2D eigenvalue weighted by atomic mass is 15.3. The maximum atomic E-state index is 4.20. The van der Waals surface area contributed by atoms with Crippen molar-refractivity contribution in [2.24, 2.45) is 18.0 Å². The van der Waals surface area contributed by atoms with Crippen molar-refractivity contribution in [2.45, 2.75) is 25.8 Å². The van der Waals surface area contributed by atoms with Crippen LogP contribution >= 0.6 is 0 Å². The summed E-state index contributed by atoms with van der Waals surface area (Å²) in [5.74, 6) is 1.82. The lowest BCUT2D eigenvalue weighted by molar-refractivity contribution is 0.665. The summed E-state index contributed by atoms with van der Waals surface area (Å²) in [4.78, 5) is 4.20. The van der Waals surface area contributed by atoms with Crippen LogP contribution in [0.25, 0.3) is 0 Å². The van der Waals surface area contributed by atoms with Crippen molar-refractivity contribution in [1.82, 2.24) is 20.4 Å². The zero-order valence-corrected chi connectivity index (χ0v) is 10.6. The quantitative estimate of drug-likeness (QED) is 0.588. The second-order valence-electron chi connectivity index (χ2n) is 4.53. The number of nitrogens with one attached hydrogen (secondary N) is 2. The zero-order valence-electron chi connectivity index (χ0n) is 10.6. The SMILES string of the molecule is CN=C(NCCC1CC1)NCc1ccnn1C. The first-order valence-electron chi connectivity index (χ1n) is 6.21. The van der Waals surface area contributed by atoms with E-state index in [-0.39, 0.29) is 0 Å². The molecule has 5 nitrogen and oxygen atoms in total. The van der Waals surface area contributed by atoms with Gasteiger partial charge in [-0.1, -0.05) is 12.8 Å². The van der Waals surface area contributed by atoms with Crippen molar-refractivity contribution in [2.75, 3.05) is 13.6 Å². The summed E-state index contributed by atoms with van der Waals surface area (Å²) in [6.07, 6.45) is 5.87. The minimum Gasteiger partial charge on any atom is -0.356 e. The topological polar surface area (TPSA) is 54.2 Å². The number of rotatable bonds is 5. The van der Waals surface area contributed by atoms with E-state index in [0.29, 0.717) is 0 Å². The molecule has 1 fully saturated rings. The second-order valence-corrected chi connectivity index (χ2v) is 4.53. The predicted octanol–water partition coefficient (Wildman–Crippen LogP) is 0.885. The number of guanidine groups is 1. The van der Waals surface area contributed by atoms with Crippen molar-refractivity contribution >= 4 is 5.96 Å². The minimum absolute atomic E-state index is 0.750. The van der Waals surface area contributed by atoms with Gasteiger partial charge in [0.2, 0.25) is 0 Å². The summed E-state index contributed by atoms with van der Waals surface area (Å²) in [6, 6.07) is 2.00. The molecule has 1 aromatic heterocycles. The Kier molecular flexibility index (Phi) is 4.01. The Morgan fingerprint density at radius 2 is 2.35 bits per heavy atom. The van der Waals surface area contributed by atoms with Crippen LogP contribution in [0.1, 0.15) is 25.0 Å². The van der Waals surface area contributed by atoms with E-state index in [1.165, 1.54) is 19.3 Å². The highest BCUT2D eigenvalue weighted by Crippen LogP contribution is 2.31. The Hall–Kier alpha value is -1.52. The number of aromatic nitrogens is 2. The van der Waals surface area contributed by atoms with Crippen LogP contribution in [0.3, 0.4) is 0 Å². The number of aliphatic imine (C=N–C) groups is 1. The first-order chi connectivity index (χ1) is 8.29. The van der Waals surface area contributed by atoms with E-state index < -0.39 is 0 Å². The van der Waals surface area contributed by atoms with Gasteiger partial charge in [0, 0.05) is 26.8 Å². The summed E-state index contributed by atoms with van der Waals surface area (Å²) < 4.78 is 1.87. The van der Waals surface area contributed by atoms with Gasteiger partial charge < -0.3 is 10.6 Å². The van der Waals surface area contributed by atoms with Gasteiger partial charge in [-0.15, -0.1) is 0 Å². The Balaban J connectivity index is 1.69. The van der Waals surface area contributed by atoms with E-state index in [2.05, 4.69) is 20.7 Å². The van der Waals surface area contributed by atoms with E-state index in [0.717, 1.165) is 30.7 Å². The molecule has 2 rings (SSSR count). The number of hydrogen-bond donors (Lipinski definition) is 2. The first-order valence-corrected chi connectivity index (χ1v) is 6.21. The molecule has 94 valence electrons. The molecule has 0 aliphatic heterocycles.